The second kappa shape index (κ2) is 10.3. The summed E-state index contributed by atoms with van der Waals surface area (Å²) >= 11 is 0. The van der Waals surface area contributed by atoms with Crippen molar-refractivity contribution in [2.24, 2.45) is 0 Å². The molecule has 0 aromatic heterocycles. The first-order valence-corrected chi connectivity index (χ1v) is 11.1. The third-order valence-corrected chi connectivity index (χ3v) is 6.09. The minimum Gasteiger partial charge on any atom is -0.497 e. The first-order chi connectivity index (χ1) is 16.1. The number of ether oxygens (including phenoxy) is 2. The largest absolute Gasteiger partial charge is 0.497 e. The predicted molar refractivity (Wildman–Crippen MR) is 133 cm³/mol. The lowest BCUT2D eigenvalue weighted by Gasteiger charge is -2.30. The molecule has 4 nitrogen and oxygen atoms in total. The second-order valence-corrected chi connectivity index (χ2v) is 8.32. The molecule has 0 atom stereocenters. The molecule has 0 radical (unpaired) electrons. The predicted octanol–water partition coefficient (Wildman–Crippen LogP) is 5.37. The summed E-state index contributed by atoms with van der Waals surface area (Å²) in [6.45, 7) is 0.590. The van der Waals surface area contributed by atoms with Crippen molar-refractivity contribution in [3.63, 3.8) is 0 Å². The molecule has 0 aliphatic heterocycles. The Morgan fingerprint density at radius 2 is 1.27 bits per heavy atom. The highest BCUT2D eigenvalue weighted by Gasteiger charge is 2.30. The average Bonchev–Trinajstić information content (AvgIpc) is 2.88. The topological polar surface area (TPSA) is 47.6 Å². The summed E-state index contributed by atoms with van der Waals surface area (Å²) in [6.07, 6.45) is 2.20. The van der Waals surface area contributed by atoms with Crippen LogP contribution in [0.1, 0.15) is 16.7 Å². The van der Waals surface area contributed by atoms with Crippen LogP contribution in [0.25, 0.3) is 10.8 Å². The molecule has 4 heteroatoms. The minimum atomic E-state index is -0.764. The van der Waals surface area contributed by atoms with E-state index in [1.807, 2.05) is 60.7 Å². The van der Waals surface area contributed by atoms with Gasteiger partial charge in [-0.25, -0.2) is 0 Å². The highest BCUT2D eigenvalue weighted by Crippen LogP contribution is 2.24. The van der Waals surface area contributed by atoms with E-state index >= 15 is 0 Å². The van der Waals surface area contributed by atoms with Gasteiger partial charge in [0.1, 0.15) is 17.8 Å². The molecule has 4 aromatic carbocycles. The molecule has 0 saturated carbocycles. The maximum atomic E-state index is 12.7. The highest BCUT2D eigenvalue weighted by molar-refractivity contribution is 5.85. The van der Waals surface area contributed by atoms with E-state index in [0.717, 1.165) is 28.9 Å². The summed E-state index contributed by atoms with van der Waals surface area (Å²) in [4.78, 5) is 12.7. The quantitative estimate of drug-likeness (QED) is 0.338. The van der Waals surface area contributed by atoms with Crippen molar-refractivity contribution in [3.05, 3.63) is 108 Å². The number of benzene rings is 4. The highest BCUT2D eigenvalue weighted by atomic mass is 16.5. The van der Waals surface area contributed by atoms with Gasteiger partial charge in [-0.3, -0.25) is 0 Å². The van der Waals surface area contributed by atoms with E-state index in [1.54, 1.807) is 14.2 Å². The number of nitrogens with one attached hydrogen (secondary N) is 1. The van der Waals surface area contributed by atoms with Gasteiger partial charge in [0.05, 0.1) is 19.8 Å². The third-order valence-electron chi connectivity index (χ3n) is 6.09. The third kappa shape index (κ3) is 5.41. The Morgan fingerprint density at radius 3 is 1.82 bits per heavy atom. The summed E-state index contributed by atoms with van der Waals surface area (Å²) in [5, 5.41) is 6.00. The number of carbonyl (C=O) groups excluding carboxylic acids is 1. The van der Waals surface area contributed by atoms with Crippen LogP contribution in [-0.4, -0.2) is 26.0 Å². The molecule has 0 amide bonds. The molecule has 4 rings (SSSR count). The number of aldehydes is 1. The molecule has 0 aliphatic rings. The van der Waals surface area contributed by atoms with Gasteiger partial charge in [-0.1, -0.05) is 66.7 Å². The van der Waals surface area contributed by atoms with E-state index in [0.29, 0.717) is 19.4 Å². The molecule has 0 unspecified atom stereocenters. The van der Waals surface area contributed by atoms with Gasteiger partial charge in [0.2, 0.25) is 0 Å². The molecule has 0 heterocycles. The first-order valence-electron chi connectivity index (χ1n) is 11.1. The number of methoxy groups -OCH3 is 2. The van der Waals surface area contributed by atoms with Crippen LogP contribution >= 0.6 is 0 Å². The van der Waals surface area contributed by atoms with Crippen LogP contribution in [0, 0.1) is 0 Å². The van der Waals surface area contributed by atoms with Crippen LogP contribution in [0.15, 0.2) is 91.0 Å². The first kappa shape index (κ1) is 22.6. The monoisotopic (exact) mass is 439 g/mol. The summed E-state index contributed by atoms with van der Waals surface area (Å²) < 4.78 is 10.6. The standard InChI is InChI=1S/C29H29NO3/c1-32-26-14-10-22(11-15-26)18-29(21-31,19-23-12-16-27(33-2)17-13-23)30-20-25-8-5-7-24-6-3-4-9-28(24)25/h3-17,21,30H,18-20H2,1-2H3. The van der Waals surface area contributed by atoms with Crippen LogP contribution in [0.2, 0.25) is 0 Å². The Hall–Kier alpha value is -3.63. The maximum absolute atomic E-state index is 12.7. The van der Waals surface area contributed by atoms with E-state index in [1.165, 1.54) is 16.3 Å². The smallest absolute Gasteiger partial charge is 0.140 e. The Bertz CT molecular complexity index is 1140. The van der Waals surface area contributed by atoms with Crippen molar-refractivity contribution in [3.8, 4) is 11.5 Å². The van der Waals surface area contributed by atoms with E-state index in [2.05, 4.69) is 35.6 Å². The van der Waals surface area contributed by atoms with Crippen molar-refractivity contribution in [2.75, 3.05) is 14.2 Å². The fourth-order valence-corrected chi connectivity index (χ4v) is 4.25. The number of fused-ring (bicyclic) bond motifs is 1. The van der Waals surface area contributed by atoms with Crippen molar-refractivity contribution in [2.45, 2.75) is 24.9 Å². The lowest BCUT2D eigenvalue weighted by atomic mass is 9.85. The molecule has 0 fully saturated rings. The van der Waals surface area contributed by atoms with Crippen LogP contribution < -0.4 is 14.8 Å². The molecular formula is C29H29NO3. The Morgan fingerprint density at radius 1 is 0.727 bits per heavy atom. The molecular weight excluding hydrogens is 410 g/mol. The second-order valence-electron chi connectivity index (χ2n) is 8.32. The van der Waals surface area contributed by atoms with Crippen molar-refractivity contribution in [1.82, 2.24) is 5.32 Å². The zero-order chi connectivity index (χ0) is 23.1. The SMILES string of the molecule is COc1ccc(CC(C=O)(Cc2ccc(OC)cc2)NCc2cccc3ccccc23)cc1. The fourth-order valence-electron chi connectivity index (χ4n) is 4.25. The van der Waals surface area contributed by atoms with Crippen molar-refractivity contribution < 1.29 is 14.3 Å². The normalized spacial score (nSPS) is 11.3. The molecule has 0 spiro atoms. The number of hydrogen-bond donors (Lipinski definition) is 1. The van der Waals surface area contributed by atoms with Crippen LogP contribution in [0.5, 0.6) is 11.5 Å². The van der Waals surface area contributed by atoms with Gasteiger partial charge in [-0.05, 0) is 64.6 Å². The zero-order valence-corrected chi connectivity index (χ0v) is 19.1. The van der Waals surface area contributed by atoms with Gasteiger partial charge in [0.15, 0.2) is 0 Å². The molecule has 168 valence electrons. The van der Waals surface area contributed by atoms with Crippen LogP contribution in [-0.2, 0) is 24.2 Å². The molecule has 0 bridgehead atoms. The van der Waals surface area contributed by atoms with E-state index in [-0.39, 0.29) is 0 Å². The average molecular weight is 440 g/mol. The lowest BCUT2D eigenvalue weighted by Crippen LogP contribution is -2.50. The van der Waals surface area contributed by atoms with Crippen LogP contribution in [0.3, 0.4) is 0 Å². The summed E-state index contributed by atoms with van der Waals surface area (Å²) in [6, 6.07) is 30.4. The van der Waals surface area contributed by atoms with Crippen LogP contribution in [0.4, 0.5) is 0 Å². The Labute approximate surface area is 195 Å². The van der Waals surface area contributed by atoms with E-state index in [9.17, 15) is 4.79 Å². The van der Waals surface area contributed by atoms with Crippen molar-refractivity contribution >= 4 is 17.1 Å². The summed E-state index contributed by atoms with van der Waals surface area (Å²) in [5.74, 6) is 1.60. The Kier molecular flexibility index (Phi) is 7.06. The van der Waals surface area contributed by atoms with Crippen molar-refractivity contribution in [1.29, 1.82) is 0 Å². The number of hydrogen-bond acceptors (Lipinski definition) is 4. The maximum Gasteiger partial charge on any atom is 0.140 e. The number of carbonyl (C=O) groups is 1. The minimum absolute atomic E-state index is 0.567. The Balaban J connectivity index is 1.64. The molecule has 33 heavy (non-hydrogen) atoms. The van der Waals surface area contributed by atoms with Gasteiger partial charge in [-0.15, -0.1) is 0 Å². The summed E-state index contributed by atoms with van der Waals surface area (Å²) in [5.41, 5.74) is 2.55. The molecule has 1 N–H and O–H groups in total. The van der Waals surface area contributed by atoms with Gasteiger partial charge >= 0.3 is 0 Å². The summed E-state index contributed by atoms with van der Waals surface area (Å²) in [7, 11) is 3.31. The van der Waals surface area contributed by atoms with E-state index in [4.69, 9.17) is 9.47 Å². The van der Waals surface area contributed by atoms with Gasteiger partial charge in [-0.2, -0.15) is 0 Å². The lowest BCUT2D eigenvalue weighted by molar-refractivity contribution is -0.113. The number of rotatable bonds is 10. The fraction of sp³-hybridized carbons (Fsp3) is 0.207. The van der Waals surface area contributed by atoms with E-state index < -0.39 is 5.54 Å². The molecule has 0 aliphatic carbocycles. The zero-order valence-electron chi connectivity index (χ0n) is 19.1. The molecule has 0 saturated heterocycles. The van der Waals surface area contributed by atoms with Gasteiger partial charge in [0.25, 0.3) is 0 Å². The molecule has 4 aromatic rings. The van der Waals surface area contributed by atoms with Gasteiger partial charge < -0.3 is 19.6 Å². The van der Waals surface area contributed by atoms with Gasteiger partial charge in [0, 0.05) is 6.54 Å².